The van der Waals surface area contributed by atoms with Gasteiger partial charge in [-0.25, -0.2) is 0 Å². The van der Waals surface area contributed by atoms with E-state index in [-0.39, 0.29) is 26.5 Å². The number of pyridine rings is 2. The summed E-state index contributed by atoms with van der Waals surface area (Å²) >= 11 is 0. The summed E-state index contributed by atoms with van der Waals surface area (Å²) in [6, 6.07) is 58.1. The molecular formula is C47H34N2Pt. The van der Waals surface area contributed by atoms with Gasteiger partial charge in [0.1, 0.15) is 0 Å². The summed E-state index contributed by atoms with van der Waals surface area (Å²) in [5, 5.41) is 4.58. The molecule has 1 aliphatic rings. The first-order valence-corrected chi connectivity index (χ1v) is 16.9. The zero-order valence-corrected chi connectivity index (χ0v) is 30.4. The monoisotopic (exact) mass is 821 g/mol. The molecule has 0 N–H and O–H groups in total. The van der Waals surface area contributed by atoms with Crippen molar-refractivity contribution in [2.45, 2.75) is 31.6 Å². The molecule has 242 valence electrons. The van der Waals surface area contributed by atoms with Gasteiger partial charge in [0.25, 0.3) is 0 Å². The third-order valence-corrected chi connectivity index (χ3v) is 10.1. The second-order valence-corrected chi connectivity index (χ2v) is 14.1. The standard InChI is InChI=1S/C47H34N2.Pt/c1-46(2,3)35-25-34(45-27-31-14-4-5-16-33(31)30-49-45)26-36(28-35)47(42-20-10-8-18-39(42)40-19-9-11-21-43(40)47)37-24-32-15-6-7-17-38(32)41(29-37)44-22-12-13-23-48-44;/h4-25,27-28,30H,1-3H3;/q-2;+2. The Balaban J connectivity index is 0.00000361. The maximum absolute atomic E-state index is 5.00. The van der Waals surface area contributed by atoms with Crippen LogP contribution in [0.15, 0.2) is 152 Å². The SMILES string of the molecule is CC(C)(C)c1cc(-c2cc3ccccc3cn2)[c-]c(C2(c3[c-]c(-c4ccccn4)c4ccccc4c3)c3ccccc3-c3ccccc32)c1.[Pt+2]. The molecule has 0 amide bonds. The minimum Gasteiger partial charge on any atom is -0.305 e. The van der Waals surface area contributed by atoms with Crippen LogP contribution in [-0.2, 0) is 31.9 Å². The number of rotatable bonds is 4. The number of hydrogen-bond acceptors (Lipinski definition) is 2. The Hall–Kier alpha value is -5.17. The topological polar surface area (TPSA) is 25.8 Å². The van der Waals surface area contributed by atoms with Crippen molar-refractivity contribution < 1.29 is 21.1 Å². The molecule has 2 nitrogen and oxygen atoms in total. The predicted molar refractivity (Wildman–Crippen MR) is 202 cm³/mol. The molecule has 0 aliphatic heterocycles. The Morgan fingerprint density at radius 3 is 1.86 bits per heavy atom. The van der Waals surface area contributed by atoms with Gasteiger partial charge in [0, 0.05) is 17.8 Å². The van der Waals surface area contributed by atoms with Gasteiger partial charge in [0.15, 0.2) is 0 Å². The molecular weight excluding hydrogens is 788 g/mol. The molecule has 0 fully saturated rings. The molecule has 0 saturated heterocycles. The van der Waals surface area contributed by atoms with E-state index in [0.29, 0.717) is 0 Å². The average molecular weight is 822 g/mol. The van der Waals surface area contributed by atoms with Crippen molar-refractivity contribution in [3.63, 3.8) is 0 Å². The van der Waals surface area contributed by atoms with Crippen molar-refractivity contribution in [1.29, 1.82) is 0 Å². The Morgan fingerprint density at radius 2 is 1.16 bits per heavy atom. The van der Waals surface area contributed by atoms with Crippen LogP contribution in [0.2, 0.25) is 0 Å². The zero-order valence-electron chi connectivity index (χ0n) is 28.1. The van der Waals surface area contributed by atoms with Gasteiger partial charge in [-0.05, 0) is 55.9 Å². The maximum Gasteiger partial charge on any atom is 2.00 e. The van der Waals surface area contributed by atoms with E-state index in [2.05, 4.69) is 166 Å². The van der Waals surface area contributed by atoms with E-state index in [9.17, 15) is 0 Å². The van der Waals surface area contributed by atoms with Gasteiger partial charge < -0.3 is 9.97 Å². The molecule has 9 rings (SSSR count). The summed E-state index contributed by atoms with van der Waals surface area (Å²) < 4.78 is 0. The first-order valence-electron chi connectivity index (χ1n) is 16.9. The number of aromatic nitrogens is 2. The van der Waals surface area contributed by atoms with E-state index in [1.54, 1.807) is 0 Å². The van der Waals surface area contributed by atoms with Crippen molar-refractivity contribution in [3.05, 3.63) is 192 Å². The van der Waals surface area contributed by atoms with Gasteiger partial charge in [0.2, 0.25) is 0 Å². The number of nitrogens with zero attached hydrogens (tertiary/aromatic N) is 2. The van der Waals surface area contributed by atoms with Gasteiger partial charge in [-0.15, -0.1) is 63.5 Å². The molecule has 0 bridgehead atoms. The van der Waals surface area contributed by atoms with Crippen LogP contribution in [0.5, 0.6) is 0 Å². The van der Waals surface area contributed by atoms with Crippen LogP contribution in [0.3, 0.4) is 0 Å². The third kappa shape index (κ3) is 5.05. The van der Waals surface area contributed by atoms with Gasteiger partial charge in [-0.2, -0.15) is 0 Å². The van der Waals surface area contributed by atoms with E-state index >= 15 is 0 Å². The molecule has 0 spiro atoms. The summed E-state index contributed by atoms with van der Waals surface area (Å²) in [7, 11) is 0. The quantitative estimate of drug-likeness (QED) is 0.165. The van der Waals surface area contributed by atoms with E-state index in [1.807, 2.05) is 18.5 Å². The largest absolute Gasteiger partial charge is 2.00 e. The fraction of sp³-hybridized carbons (Fsp3) is 0.106. The third-order valence-electron chi connectivity index (χ3n) is 10.1. The minimum absolute atomic E-state index is 0. The van der Waals surface area contributed by atoms with Gasteiger partial charge in [-0.3, -0.25) is 0 Å². The zero-order chi connectivity index (χ0) is 33.2. The van der Waals surface area contributed by atoms with Crippen LogP contribution in [0.1, 0.15) is 48.6 Å². The van der Waals surface area contributed by atoms with Crippen LogP contribution in [0.25, 0.3) is 55.2 Å². The number of benzene rings is 6. The first kappa shape index (κ1) is 32.1. The smallest absolute Gasteiger partial charge is 0.305 e. The first-order chi connectivity index (χ1) is 23.9. The molecule has 3 heteroatoms. The molecule has 2 heterocycles. The molecule has 8 aromatic rings. The van der Waals surface area contributed by atoms with Crippen LogP contribution >= 0.6 is 0 Å². The molecule has 1 aliphatic carbocycles. The number of hydrogen-bond donors (Lipinski definition) is 0. The Bertz CT molecular complexity index is 2500. The molecule has 50 heavy (non-hydrogen) atoms. The minimum atomic E-state index is -0.701. The van der Waals surface area contributed by atoms with Crippen molar-refractivity contribution >= 4 is 21.5 Å². The van der Waals surface area contributed by atoms with Crippen molar-refractivity contribution in [2.24, 2.45) is 0 Å². The van der Waals surface area contributed by atoms with Crippen molar-refractivity contribution in [3.8, 4) is 33.6 Å². The van der Waals surface area contributed by atoms with E-state index in [0.717, 1.165) is 55.2 Å². The molecule has 0 unspecified atom stereocenters. The molecule has 0 radical (unpaired) electrons. The maximum atomic E-state index is 5.00. The molecule has 0 saturated carbocycles. The van der Waals surface area contributed by atoms with Crippen LogP contribution in [0, 0.1) is 12.1 Å². The molecule has 2 aromatic heterocycles. The summed E-state index contributed by atoms with van der Waals surface area (Å²) in [5.41, 5.74) is 11.3. The van der Waals surface area contributed by atoms with Crippen molar-refractivity contribution in [2.75, 3.05) is 0 Å². The average Bonchev–Trinajstić information content (AvgIpc) is 3.45. The Kier molecular flexibility index (Phi) is 7.89. The Morgan fingerprint density at radius 1 is 0.540 bits per heavy atom. The summed E-state index contributed by atoms with van der Waals surface area (Å²) in [6.45, 7) is 6.86. The van der Waals surface area contributed by atoms with Gasteiger partial charge in [-0.1, -0.05) is 141 Å². The van der Waals surface area contributed by atoms with Crippen LogP contribution in [-0.4, -0.2) is 9.97 Å². The van der Waals surface area contributed by atoms with E-state index < -0.39 is 5.41 Å². The Labute approximate surface area is 308 Å². The fourth-order valence-electron chi connectivity index (χ4n) is 7.69. The van der Waals surface area contributed by atoms with Crippen molar-refractivity contribution in [1.82, 2.24) is 9.97 Å². The van der Waals surface area contributed by atoms with Gasteiger partial charge >= 0.3 is 21.1 Å². The van der Waals surface area contributed by atoms with Crippen LogP contribution in [0.4, 0.5) is 0 Å². The summed E-state index contributed by atoms with van der Waals surface area (Å²) in [4.78, 5) is 9.83. The summed E-state index contributed by atoms with van der Waals surface area (Å²) in [5.74, 6) is 0. The fourth-order valence-corrected chi connectivity index (χ4v) is 7.69. The predicted octanol–water partition coefficient (Wildman–Crippen LogP) is 11.4. The van der Waals surface area contributed by atoms with Crippen LogP contribution < -0.4 is 0 Å². The second-order valence-electron chi connectivity index (χ2n) is 14.1. The van der Waals surface area contributed by atoms with Gasteiger partial charge in [0.05, 0.1) is 0 Å². The molecule has 6 aromatic carbocycles. The van der Waals surface area contributed by atoms with E-state index in [1.165, 1.54) is 27.8 Å². The second kappa shape index (κ2) is 12.3. The summed E-state index contributed by atoms with van der Waals surface area (Å²) in [6.07, 6.45) is 3.85. The number of fused-ring (bicyclic) bond motifs is 5. The molecule has 0 atom stereocenters. The van der Waals surface area contributed by atoms with E-state index in [4.69, 9.17) is 9.97 Å². The normalized spacial score (nSPS) is 13.1.